The first-order valence-electron chi connectivity index (χ1n) is 8.46. The molecule has 1 aromatic heterocycles. The summed E-state index contributed by atoms with van der Waals surface area (Å²) >= 11 is 3.39. The number of anilines is 2. The number of amides is 1. The van der Waals surface area contributed by atoms with E-state index in [1.54, 1.807) is 6.20 Å². The van der Waals surface area contributed by atoms with Crippen molar-refractivity contribution >= 4 is 33.3 Å². The predicted octanol–water partition coefficient (Wildman–Crippen LogP) is 4.77. The highest BCUT2D eigenvalue weighted by atomic mass is 79.9. The van der Waals surface area contributed by atoms with Crippen LogP contribution < -0.4 is 10.6 Å². The zero-order chi connectivity index (χ0) is 16.8. The van der Waals surface area contributed by atoms with Crippen molar-refractivity contribution in [2.75, 3.05) is 10.6 Å². The van der Waals surface area contributed by atoms with Gasteiger partial charge < -0.3 is 10.6 Å². The van der Waals surface area contributed by atoms with Gasteiger partial charge in [0.25, 0.3) is 0 Å². The topological polar surface area (TPSA) is 54.0 Å². The van der Waals surface area contributed by atoms with E-state index >= 15 is 0 Å². The average Bonchev–Trinajstić information content (AvgIpc) is 2.60. The van der Waals surface area contributed by atoms with Gasteiger partial charge >= 0.3 is 0 Å². The summed E-state index contributed by atoms with van der Waals surface area (Å²) in [5.41, 5.74) is 1.71. The highest BCUT2D eigenvalue weighted by Gasteiger charge is 2.13. The van der Waals surface area contributed by atoms with Crippen molar-refractivity contribution in [1.29, 1.82) is 0 Å². The number of pyridine rings is 1. The Kier molecular flexibility index (Phi) is 5.86. The molecule has 1 amide bonds. The Morgan fingerprint density at radius 3 is 2.50 bits per heavy atom. The molecule has 1 fully saturated rings. The van der Waals surface area contributed by atoms with Crippen molar-refractivity contribution in [3.63, 3.8) is 0 Å². The van der Waals surface area contributed by atoms with E-state index in [9.17, 15) is 4.79 Å². The highest BCUT2D eigenvalue weighted by molar-refractivity contribution is 9.10. The zero-order valence-electron chi connectivity index (χ0n) is 13.6. The van der Waals surface area contributed by atoms with Crippen LogP contribution in [0.2, 0.25) is 0 Å². The monoisotopic (exact) mass is 387 g/mol. The maximum atomic E-state index is 12.1. The molecule has 0 spiro atoms. The lowest BCUT2D eigenvalue weighted by atomic mass is 9.95. The maximum Gasteiger partial charge on any atom is 0.228 e. The van der Waals surface area contributed by atoms with Gasteiger partial charge in [0.1, 0.15) is 5.82 Å². The molecule has 0 atom stereocenters. The standard InChI is InChI=1S/C19H22BrN3O/c20-15-8-6-14(7-9-15)12-19(24)23-17-10-11-18(21-13-17)22-16-4-2-1-3-5-16/h6-11,13,16H,1-5,12H2,(H,21,22)(H,23,24). The van der Waals surface area contributed by atoms with Gasteiger partial charge in [0, 0.05) is 10.5 Å². The van der Waals surface area contributed by atoms with E-state index in [2.05, 4.69) is 31.5 Å². The fourth-order valence-corrected chi connectivity index (χ4v) is 3.27. The summed E-state index contributed by atoms with van der Waals surface area (Å²) in [6, 6.07) is 12.1. The third-order valence-corrected chi connectivity index (χ3v) is 4.81. The van der Waals surface area contributed by atoms with Gasteiger partial charge in [0.15, 0.2) is 0 Å². The largest absolute Gasteiger partial charge is 0.367 e. The quantitative estimate of drug-likeness (QED) is 0.776. The molecule has 0 radical (unpaired) electrons. The van der Waals surface area contributed by atoms with Crippen molar-refractivity contribution in [1.82, 2.24) is 4.98 Å². The number of aromatic nitrogens is 1. The highest BCUT2D eigenvalue weighted by Crippen LogP contribution is 2.21. The van der Waals surface area contributed by atoms with Crippen molar-refractivity contribution in [3.8, 4) is 0 Å². The SMILES string of the molecule is O=C(Cc1ccc(Br)cc1)Nc1ccc(NC2CCCCC2)nc1. The molecular weight excluding hydrogens is 366 g/mol. The molecule has 1 heterocycles. The molecule has 0 unspecified atom stereocenters. The summed E-state index contributed by atoms with van der Waals surface area (Å²) in [4.78, 5) is 16.5. The Hall–Kier alpha value is -1.88. The number of nitrogens with one attached hydrogen (secondary N) is 2. The smallest absolute Gasteiger partial charge is 0.228 e. The fourth-order valence-electron chi connectivity index (χ4n) is 3.00. The second kappa shape index (κ2) is 8.29. The summed E-state index contributed by atoms with van der Waals surface area (Å²) in [6.07, 6.45) is 8.43. The summed E-state index contributed by atoms with van der Waals surface area (Å²) in [6.45, 7) is 0. The van der Waals surface area contributed by atoms with Crippen LogP contribution in [0.25, 0.3) is 0 Å². The maximum absolute atomic E-state index is 12.1. The van der Waals surface area contributed by atoms with Gasteiger partial charge in [0.05, 0.1) is 18.3 Å². The third-order valence-electron chi connectivity index (χ3n) is 4.28. The lowest BCUT2D eigenvalue weighted by molar-refractivity contribution is -0.115. The van der Waals surface area contributed by atoms with Gasteiger partial charge in [-0.2, -0.15) is 0 Å². The van der Waals surface area contributed by atoms with Crippen LogP contribution >= 0.6 is 15.9 Å². The second-order valence-corrected chi connectivity index (χ2v) is 7.18. The lowest BCUT2D eigenvalue weighted by Gasteiger charge is -2.23. The van der Waals surface area contributed by atoms with E-state index < -0.39 is 0 Å². The molecule has 1 aliphatic rings. The number of carbonyl (C=O) groups excluding carboxylic acids is 1. The van der Waals surface area contributed by atoms with E-state index in [-0.39, 0.29) is 5.91 Å². The molecule has 24 heavy (non-hydrogen) atoms. The predicted molar refractivity (Wildman–Crippen MR) is 101 cm³/mol. The summed E-state index contributed by atoms with van der Waals surface area (Å²) in [5, 5.41) is 6.37. The second-order valence-electron chi connectivity index (χ2n) is 6.26. The number of carbonyl (C=O) groups is 1. The van der Waals surface area contributed by atoms with Crippen LogP contribution in [0, 0.1) is 0 Å². The summed E-state index contributed by atoms with van der Waals surface area (Å²) < 4.78 is 1.01. The van der Waals surface area contributed by atoms with Crippen LogP contribution in [0.3, 0.4) is 0 Å². The first-order chi connectivity index (χ1) is 11.7. The normalized spacial score (nSPS) is 15.0. The van der Waals surface area contributed by atoms with E-state index in [1.807, 2.05) is 36.4 Å². The Morgan fingerprint density at radius 1 is 1.08 bits per heavy atom. The summed E-state index contributed by atoms with van der Waals surface area (Å²) in [7, 11) is 0. The number of nitrogens with zero attached hydrogens (tertiary/aromatic N) is 1. The minimum atomic E-state index is -0.0351. The Bertz CT molecular complexity index is 664. The van der Waals surface area contributed by atoms with E-state index in [4.69, 9.17) is 0 Å². The molecule has 0 saturated heterocycles. The van der Waals surface area contributed by atoms with Gasteiger partial charge in [-0.05, 0) is 42.7 Å². The molecule has 2 aromatic rings. The Balaban J connectivity index is 1.51. The van der Waals surface area contributed by atoms with E-state index in [0.29, 0.717) is 12.5 Å². The molecule has 5 heteroatoms. The molecule has 0 bridgehead atoms. The van der Waals surface area contributed by atoms with E-state index in [1.165, 1.54) is 32.1 Å². The Labute approximate surface area is 151 Å². The number of benzene rings is 1. The average molecular weight is 388 g/mol. The van der Waals surface area contributed by atoms with Crippen LogP contribution in [0.1, 0.15) is 37.7 Å². The van der Waals surface area contributed by atoms with E-state index in [0.717, 1.165) is 21.5 Å². The van der Waals surface area contributed by atoms with Crippen LogP contribution in [0.15, 0.2) is 47.1 Å². The molecule has 4 nitrogen and oxygen atoms in total. The van der Waals surface area contributed by atoms with Crippen molar-refractivity contribution in [2.24, 2.45) is 0 Å². The molecule has 1 aromatic carbocycles. The van der Waals surface area contributed by atoms with Gasteiger partial charge in [-0.25, -0.2) is 4.98 Å². The van der Waals surface area contributed by atoms with Crippen molar-refractivity contribution in [2.45, 2.75) is 44.6 Å². The minimum Gasteiger partial charge on any atom is -0.367 e. The van der Waals surface area contributed by atoms with Gasteiger partial charge in [-0.1, -0.05) is 47.3 Å². The molecule has 126 valence electrons. The zero-order valence-corrected chi connectivity index (χ0v) is 15.2. The van der Waals surface area contributed by atoms with Crippen molar-refractivity contribution < 1.29 is 4.79 Å². The first-order valence-corrected chi connectivity index (χ1v) is 9.25. The van der Waals surface area contributed by atoms with Crippen LogP contribution in [-0.4, -0.2) is 16.9 Å². The third kappa shape index (κ3) is 5.06. The molecule has 1 saturated carbocycles. The van der Waals surface area contributed by atoms with Crippen molar-refractivity contribution in [3.05, 3.63) is 52.6 Å². The number of rotatable bonds is 5. The molecule has 1 aliphatic carbocycles. The Morgan fingerprint density at radius 2 is 1.83 bits per heavy atom. The molecule has 3 rings (SSSR count). The van der Waals surface area contributed by atoms with Crippen LogP contribution in [0.4, 0.5) is 11.5 Å². The number of halogens is 1. The molecular formula is C19H22BrN3O. The van der Waals surface area contributed by atoms with Gasteiger partial charge in [-0.15, -0.1) is 0 Å². The molecule has 0 aliphatic heterocycles. The number of hydrogen-bond donors (Lipinski definition) is 2. The van der Waals surface area contributed by atoms with Gasteiger partial charge in [-0.3, -0.25) is 4.79 Å². The molecule has 2 N–H and O–H groups in total. The van der Waals surface area contributed by atoms with Crippen LogP contribution in [-0.2, 0) is 11.2 Å². The van der Waals surface area contributed by atoms with Crippen LogP contribution in [0.5, 0.6) is 0 Å². The first kappa shape index (κ1) is 17.0. The minimum absolute atomic E-state index is 0.0351. The fraction of sp³-hybridized carbons (Fsp3) is 0.368. The number of hydrogen-bond acceptors (Lipinski definition) is 3. The van der Waals surface area contributed by atoms with Gasteiger partial charge in [0.2, 0.25) is 5.91 Å². The summed E-state index contributed by atoms with van der Waals surface area (Å²) in [5.74, 6) is 0.847. The lowest BCUT2D eigenvalue weighted by Crippen LogP contribution is -2.22.